The Bertz CT molecular complexity index is 228. The average Bonchev–Trinajstić information content (AvgIpc) is 2.80. The second-order valence-electron chi connectivity index (χ2n) is 6.50. The third kappa shape index (κ3) is 5.80. The molecule has 1 heterocycles. The minimum Gasteiger partial charge on any atom is -0.317 e. The van der Waals surface area contributed by atoms with E-state index >= 15 is 0 Å². The molecule has 19 heavy (non-hydrogen) atoms. The molecule has 0 aromatic rings. The Kier molecular flexibility index (Phi) is 7.18. The van der Waals surface area contributed by atoms with Crippen LogP contribution in [0.25, 0.3) is 0 Å². The monoisotopic (exact) mass is 267 g/mol. The zero-order valence-corrected chi connectivity index (χ0v) is 12.8. The minimum absolute atomic E-state index is 0.941. The Morgan fingerprint density at radius 3 is 2.63 bits per heavy atom. The lowest BCUT2D eigenvalue weighted by Crippen LogP contribution is -2.34. The van der Waals surface area contributed by atoms with E-state index in [2.05, 4.69) is 22.5 Å². The van der Waals surface area contributed by atoms with Crippen molar-refractivity contribution in [2.75, 3.05) is 45.8 Å². The molecule has 0 aromatic carbocycles. The normalized spacial score (nSPS) is 24.8. The van der Waals surface area contributed by atoms with Gasteiger partial charge in [-0.2, -0.15) is 0 Å². The lowest BCUT2D eigenvalue weighted by molar-refractivity contribution is 0.281. The molecule has 2 fully saturated rings. The first kappa shape index (κ1) is 15.3. The van der Waals surface area contributed by atoms with Crippen LogP contribution in [0.4, 0.5) is 0 Å². The van der Waals surface area contributed by atoms with Crippen molar-refractivity contribution in [2.45, 2.75) is 45.4 Å². The third-order valence-corrected chi connectivity index (χ3v) is 4.79. The van der Waals surface area contributed by atoms with Crippen molar-refractivity contribution < 1.29 is 0 Å². The van der Waals surface area contributed by atoms with Gasteiger partial charge in [0.15, 0.2) is 0 Å². The molecular weight excluding hydrogens is 234 g/mol. The lowest BCUT2D eigenvalue weighted by Gasteiger charge is -2.26. The SMILES string of the molecule is CCCNCCC1CCN(CCNCC2CCC2)C1. The van der Waals surface area contributed by atoms with Crippen LogP contribution in [-0.2, 0) is 0 Å². The summed E-state index contributed by atoms with van der Waals surface area (Å²) in [5, 5.41) is 7.16. The van der Waals surface area contributed by atoms with Gasteiger partial charge in [-0.15, -0.1) is 0 Å². The summed E-state index contributed by atoms with van der Waals surface area (Å²) in [7, 11) is 0. The summed E-state index contributed by atoms with van der Waals surface area (Å²) >= 11 is 0. The fourth-order valence-electron chi connectivity index (χ4n) is 3.20. The number of nitrogens with one attached hydrogen (secondary N) is 2. The standard InChI is InChI=1S/C16H33N3/c1-2-8-17-9-6-16-7-11-19(14-16)12-10-18-13-15-4-3-5-15/h15-18H,2-14H2,1H3. The van der Waals surface area contributed by atoms with Crippen molar-refractivity contribution in [1.82, 2.24) is 15.5 Å². The molecule has 2 N–H and O–H groups in total. The van der Waals surface area contributed by atoms with Gasteiger partial charge in [0.05, 0.1) is 0 Å². The van der Waals surface area contributed by atoms with Gasteiger partial charge < -0.3 is 15.5 Å². The molecule has 0 spiro atoms. The van der Waals surface area contributed by atoms with E-state index in [9.17, 15) is 0 Å². The molecule has 0 aromatic heterocycles. The van der Waals surface area contributed by atoms with Crippen molar-refractivity contribution >= 4 is 0 Å². The first-order valence-corrected chi connectivity index (χ1v) is 8.52. The summed E-state index contributed by atoms with van der Waals surface area (Å²) in [4.78, 5) is 2.65. The van der Waals surface area contributed by atoms with E-state index in [1.807, 2.05) is 0 Å². The summed E-state index contributed by atoms with van der Waals surface area (Å²) in [6.07, 6.45) is 8.42. The van der Waals surface area contributed by atoms with E-state index in [1.165, 1.54) is 84.3 Å². The van der Waals surface area contributed by atoms with Gasteiger partial charge in [0.1, 0.15) is 0 Å². The van der Waals surface area contributed by atoms with Crippen LogP contribution in [0.2, 0.25) is 0 Å². The summed E-state index contributed by atoms with van der Waals surface area (Å²) < 4.78 is 0. The first-order chi connectivity index (χ1) is 9.38. The van der Waals surface area contributed by atoms with Crippen LogP contribution in [0.1, 0.15) is 45.4 Å². The molecule has 2 aliphatic rings. The second kappa shape index (κ2) is 8.93. The van der Waals surface area contributed by atoms with Gasteiger partial charge in [0, 0.05) is 19.6 Å². The van der Waals surface area contributed by atoms with Gasteiger partial charge in [-0.3, -0.25) is 0 Å². The van der Waals surface area contributed by atoms with E-state index < -0.39 is 0 Å². The molecule has 1 saturated heterocycles. The van der Waals surface area contributed by atoms with E-state index in [-0.39, 0.29) is 0 Å². The molecule has 1 saturated carbocycles. The highest BCUT2D eigenvalue weighted by Gasteiger charge is 2.21. The number of likely N-dealkylation sites (tertiary alicyclic amines) is 1. The topological polar surface area (TPSA) is 27.3 Å². The van der Waals surface area contributed by atoms with Crippen molar-refractivity contribution in [2.24, 2.45) is 11.8 Å². The maximum absolute atomic E-state index is 3.63. The van der Waals surface area contributed by atoms with Crippen LogP contribution in [0.15, 0.2) is 0 Å². The molecule has 2 rings (SSSR count). The highest BCUT2D eigenvalue weighted by molar-refractivity contribution is 4.77. The Morgan fingerprint density at radius 1 is 1.00 bits per heavy atom. The number of hydrogen-bond acceptors (Lipinski definition) is 3. The molecule has 1 atom stereocenters. The lowest BCUT2D eigenvalue weighted by atomic mass is 9.85. The number of hydrogen-bond donors (Lipinski definition) is 2. The fourth-order valence-corrected chi connectivity index (χ4v) is 3.20. The minimum atomic E-state index is 0.941. The summed E-state index contributed by atoms with van der Waals surface area (Å²) in [5.41, 5.74) is 0. The zero-order chi connectivity index (χ0) is 13.3. The second-order valence-corrected chi connectivity index (χ2v) is 6.50. The summed E-state index contributed by atoms with van der Waals surface area (Å²) in [5.74, 6) is 1.94. The van der Waals surface area contributed by atoms with Gasteiger partial charge in [-0.05, 0) is 70.1 Å². The number of nitrogens with zero attached hydrogens (tertiary/aromatic N) is 1. The molecule has 1 unspecified atom stereocenters. The highest BCUT2D eigenvalue weighted by atomic mass is 15.2. The predicted octanol–water partition coefficient (Wildman–Crippen LogP) is 2.09. The summed E-state index contributed by atoms with van der Waals surface area (Å²) in [6.45, 7) is 11.0. The van der Waals surface area contributed by atoms with E-state index in [1.54, 1.807) is 0 Å². The van der Waals surface area contributed by atoms with Gasteiger partial charge in [-0.25, -0.2) is 0 Å². The maximum atomic E-state index is 3.63. The highest BCUT2D eigenvalue weighted by Crippen LogP contribution is 2.25. The fraction of sp³-hybridized carbons (Fsp3) is 1.00. The van der Waals surface area contributed by atoms with Gasteiger partial charge in [0.25, 0.3) is 0 Å². The van der Waals surface area contributed by atoms with Gasteiger partial charge in [0.2, 0.25) is 0 Å². The van der Waals surface area contributed by atoms with Crippen molar-refractivity contribution in [3.8, 4) is 0 Å². The largest absolute Gasteiger partial charge is 0.317 e. The van der Waals surface area contributed by atoms with Crippen LogP contribution in [0, 0.1) is 11.8 Å². The quantitative estimate of drug-likeness (QED) is 0.594. The van der Waals surface area contributed by atoms with E-state index in [4.69, 9.17) is 0 Å². The molecular formula is C16H33N3. The first-order valence-electron chi connectivity index (χ1n) is 8.52. The number of rotatable bonds is 10. The van der Waals surface area contributed by atoms with Crippen molar-refractivity contribution in [3.05, 3.63) is 0 Å². The van der Waals surface area contributed by atoms with Gasteiger partial charge in [-0.1, -0.05) is 13.3 Å². The summed E-state index contributed by atoms with van der Waals surface area (Å²) in [6, 6.07) is 0. The zero-order valence-electron chi connectivity index (χ0n) is 12.8. The average molecular weight is 267 g/mol. The molecule has 3 nitrogen and oxygen atoms in total. The van der Waals surface area contributed by atoms with Crippen LogP contribution >= 0.6 is 0 Å². The van der Waals surface area contributed by atoms with Crippen LogP contribution in [0.3, 0.4) is 0 Å². The van der Waals surface area contributed by atoms with Crippen LogP contribution in [-0.4, -0.2) is 50.7 Å². The maximum Gasteiger partial charge on any atom is 0.0107 e. The van der Waals surface area contributed by atoms with Crippen LogP contribution < -0.4 is 10.6 Å². The van der Waals surface area contributed by atoms with E-state index in [0.717, 1.165) is 11.8 Å². The molecule has 0 amide bonds. The molecule has 1 aliphatic carbocycles. The molecule has 0 bridgehead atoms. The molecule has 112 valence electrons. The van der Waals surface area contributed by atoms with Gasteiger partial charge >= 0.3 is 0 Å². The smallest absolute Gasteiger partial charge is 0.0107 e. The Balaban J connectivity index is 1.43. The molecule has 3 heteroatoms. The van der Waals surface area contributed by atoms with Crippen molar-refractivity contribution in [3.63, 3.8) is 0 Å². The molecule has 0 radical (unpaired) electrons. The predicted molar refractivity (Wildman–Crippen MR) is 82.5 cm³/mol. The van der Waals surface area contributed by atoms with E-state index in [0.29, 0.717) is 0 Å². The van der Waals surface area contributed by atoms with Crippen LogP contribution in [0.5, 0.6) is 0 Å². The Morgan fingerprint density at radius 2 is 1.89 bits per heavy atom. The van der Waals surface area contributed by atoms with Crippen molar-refractivity contribution in [1.29, 1.82) is 0 Å². The Labute approximate surface area is 119 Å². The Hall–Kier alpha value is -0.120. The molecule has 1 aliphatic heterocycles. The third-order valence-electron chi connectivity index (χ3n) is 4.79.